The lowest BCUT2D eigenvalue weighted by Crippen LogP contribution is -2.30. The van der Waals surface area contributed by atoms with Crippen molar-refractivity contribution < 1.29 is 80.2 Å². The third-order valence-electron chi connectivity index (χ3n) is 17.7. The average Bonchev–Trinajstić information content (AvgIpc) is 1.34. The maximum Gasteiger partial charge on any atom is 0.472 e. The van der Waals surface area contributed by atoms with E-state index in [1.54, 1.807) is 0 Å². The Morgan fingerprint density at radius 3 is 0.716 bits per heavy atom. The van der Waals surface area contributed by atoms with Crippen molar-refractivity contribution in [1.29, 1.82) is 0 Å². The van der Waals surface area contributed by atoms with Crippen molar-refractivity contribution in [2.45, 2.75) is 413 Å². The second-order valence-corrected chi connectivity index (χ2v) is 31.3. The number of carbonyl (C=O) groups is 4. The molecule has 0 aliphatic heterocycles. The number of esters is 4. The van der Waals surface area contributed by atoms with Crippen molar-refractivity contribution >= 4 is 39.5 Å². The molecule has 0 spiro atoms. The van der Waals surface area contributed by atoms with Crippen LogP contribution in [-0.4, -0.2) is 96.7 Å². The number of phosphoric acid groups is 2. The van der Waals surface area contributed by atoms with Gasteiger partial charge < -0.3 is 33.8 Å². The first-order chi connectivity index (χ1) is 45.9. The van der Waals surface area contributed by atoms with Crippen molar-refractivity contribution in [3.63, 3.8) is 0 Å². The summed E-state index contributed by atoms with van der Waals surface area (Å²) in [6.07, 6.45) is 55.7. The molecular formula is C76H148O17P2. The molecule has 0 aromatic rings. The van der Waals surface area contributed by atoms with Crippen LogP contribution in [0.15, 0.2) is 0 Å². The number of rotatable bonds is 75. The van der Waals surface area contributed by atoms with Gasteiger partial charge in [0.25, 0.3) is 0 Å². The van der Waals surface area contributed by atoms with E-state index >= 15 is 0 Å². The lowest BCUT2D eigenvalue weighted by atomic mass is 10.0. The van der Waals surface area contributed by atoms with Crippen LogP contribution in [0.4, 0.5) is 0 Å². The SMILES string of the molecule is CCCCCCCCCCCCC(=O)O[C@H](COC(=O)CCCCCCCCC)COP(=O)(O)OC[C@H](O)COP(=O)(O)OC[C@@H](COC(=O)CCCCCCCCCCCCCCCCCCC(C)C)OC(=O)CCCCCCCCCCCCCCCCCCC(C)C. The van der Waals surface area contributed by atoms with Gasteiger partial charge in [-0.15, -0.1) is 0 Å². The smallest absolute Gasteiger partial charge is 0.462 e. The zero-order chi connectivity index (χ0) is 70.0. The van der Waals surface area contributed by atoms with Crippen LogP contribution in [0.25, 0.3) is 0 Å². The summed E-state index contributed by atoms with van der Waals surface area (Å²) in [5.74, 6) is -0.499. The highest BCUT2D eigenvalue weighted by molar-refractivity contribution is 7.47. The molecule has 0 saturated carbocycles. The van der Waals surface area contributed by atoms with Crippen LogP contribution < -0.4 is 0 Å². The number of aliphatic hydroxyl groups excluding tert-OH is 1. The number of aliphatic hydroxyl groups is 1. The van der Waals surface area contributed by atoms with E-state index in [9.17, 15) is 43.2 Å². The fourth-order valence-corrected chi connectivity index (χ4v) is 13.2. The largest absolute Gasteiger partial charge is 0.472 e. The van der Waals surface area contributed by atoms with Gasteiger partial charge in [-0.25, -0.2) is 9.13 Å². The highest BCUT2D eigenvalue weighted by Crippen LogP contribution is 2.45. The van der Waals surface area contributed by atoms with E-state index in [0.717, 1.165) is 115 Å². The monoisotopic (exact) mass is 1400 g/mol. The minimum absolute atomic E-state index is 0.106. The maximum absolute atomic E-state index is 13.1. The van der Waals surface area contributed by atoms with Gasteiger partial charge in [0.15, 0.2) is 12.2 Å². The van der Waals surface area contributed by atoms with Gasteiger partial charge in [0.2, 0.25) is 0 Å². The van der Waals surface area contributed by atoms with Gasteiger partial charge >= 0.3 is 39.5 Å². The summed E-state index contributed by atoms with van der Waals surface area (Å²) in [5.41, 5.74) is 0. The van der Waals surface area contributed by atoms with Crippen LogP contribution in [0.2, 0.25) is 0 Å². The Hall–Kier alpha value is -1.94. The first-order valence-corrected chi connectivity index (χ1v) is 42.5. The van der Waals surface area contributed by atoms with E-state index in [1.165, 1.54) is 199 Å². The number of hydrogen-bond donors (Lipinski definition) is 3. The van der Waals surface area contributed by atoms with Crippen molar-refractivity contribution in [2.75, 3.05) is 39.6 Å². The van der Waals surface area contributed by atoms with Crippen LogP contribution in [0.5, 0.6) is 0 Å². The topological polar surface area (TPSA) is 237 Å². The fourth-order valence-electron chi connectivity index (χ4n) is 11.7. The van der Waals surface area contributed by atoms with Crippen LogP contribution in [-0.2, 0) is 65.4 Å². The van der Waals surface area contributed by atoms with Gasteiger partial charge in [-0.1, -0.05) is 343 Å². The Balaban J connectivity index is 5.16. The van der Waals surface area contributed by atoms with Crippen LogP contribution in [0, 0.1) is 11.8 Å². The Kier molecular flexibility index (Phi) is 66.5. The number of phosphoric ester groups is 2. The van der Waals surface area contributed by atoms with Crippen molar-refractivity contribution in [2.24, 2.45) is 11.8 Å². The standard InChI is InChI=1S/C76H148O17P2/c1-7-9-11-13-15-16-35-42-48-54-60-75(80)92-71(64-86-73(78)58-52-46-38-14-12-10-8-2)66-90-94(82,83)88-62-70(77)63-89-95(84,85)91-67-72(93-76(81)61-55-49-43-37-32-28-24-20-18-22-26-30-34-40-45-51-57-69(5)6)65-87-74(79)59-53-47-41-36-31-27-23-19-17-21-25-29-33-39-44-50-56-68(3)4/h68-72,77H,7-67H2,1-6H3,(H,82,83)(H,84,85)/t70-,71+,72+/m0/s1. The molecule has 0 aliphatic rings. The molecule has 2 unspecified atom stereocenters. The van der Waals surface area contributed by atoms with Crippen molar-refractivity contribution in [3.8, 4) is 0 Å². The van der Waals surface area contributed by atoms with Crippen LogP contribution in [0.3, 0.4) is 0 Å². The van der Waals surface area contributed by atoms with Gasteiger partial charge in [0.1, 0.15) is 19.3 Å². The molecule has 0 bridgehead atoms. The highest BCUT2D eigenvalue weighted by atomic mass is 31.2. The first kappa shape index (κ1) is 93.1. The number of carbonyl (C=O) groups excluding carboxylic acids is 4. The molecule has 0 heterocycles. The molecule has 564 valence electrons. The number of unbranched alkanes of at least 4 members (excludes halogenated alkanes) is 45. The second kappa shape index (κ2) is 67.9. The maximum atomic E-state index is 13.1. The molecule has 0 amide bonds. The zero-order valence-corrected chi connectivity index (χ0v) is 63.8. The molecule has 5 atom stereocenters. The van der Waals surface area contributed by atoms with Crippen molar-refractivity contribution in [1.82, 2.24) is 0 Å². The third kappa shape index (κ3) is 70.3. The lowest BCUT2D eigenvalue weighted by molar-refractivity contribution is -0.161. The molecule has 3 N–H and O–H groups in total. The molecule has 0 rings (SSSR count). The summed E-state index contributed by atoms with van der Waals surface area (Å²) in [6.45, 7) is 9.61. The Morgan fingerprint density at radius 1 is 0.284 bits per heavy atom. The molecule has 0 fully saturated rings. The zero-order valence-electron chi connectivity index (χ0n) is 62.0. The molecule has 95 heavy (non-hydrogen) atoms. The summed E-state index contributed by atoms with van der Waals surface area (Å²) in [4.78, 5) is 72.6. The van der Waals surface area contributed by atoms with Crippen molar-refractivity contribution in [3.05, 3.63) is 0 Å². The Labute approximate surface area is 581 Å². The van der Waals surface area contributed by atoms with Crippen LogP contribution >= 0.6 is 15.6 Å². The summed E-state index contributed by atoms with van der Waals surface area (Å²) in [5, 5.41) is 10.6. The molecular weight excluding hydrogens is 1250 g/mol. The fraction of sp³-hybridized carbons (Fsp3) is 0.947. The predicted molar refractivity (Wildman–Crippen MR) is 386 cm³/mol. The van der Waals surface area contributed by atoms with Gasteiger partial charge in [0.05, 0.1) is 26.4 Å². The normalized spacial score (nSPS) is 14.0. The third-order valence-corrected chi connectivity index (χ3v) is 19.6. The summed E-state index contributed by atoms with van der Waals surface area (Å²) < 4.78 is 68.4. The lowest BCUT2D eigenvalue weighted by Gasteiger charge is -2.21. The highest BCUT2D eigenvalue weighted by Gasteiger charge is 2.30. The molecule has 0 aliphatic carbocycles. The Bertz CT molecular complexity index is 1840. The minimum Gasteiger partial charge on any atom is -0.462 e. The molecule has 0 radical (unpaired) electrons. The van der Waals surface area contributed by atoms with Gasteiger partial charge in [-0.05, 0) is 37.5 Å². The predicted octanol–water partition coefficient (Wildman–Crippen LogP) is 22.3. The quantitative estimate of drug-likeness (QED) is 0.0222. The summed E-state index contributed by atoms with van der Waals surface area (Å²) >= 11 is 0. The second-order valence-electron chi connectivity index (χ2n) is 28.3. The minimum atomic E-state index is -4.96. The molecule has 0 aromatic heterocycles. The molecule has 17 nitrogen and oxygen atoms in total. The van der Waals surface area contributed by atoms with E-state index < -0.39 is 97.5 Å². The van der Waals surface area contributed by atoms with E-state index in [2.05, 4.69) is 41.5 Å². The van der Waals surface area contributed by atoms with Crippen LogP contribution in [0.1, 0.15) is 395 Å². The van der Waals surface area contributed by atoms with E-state index in [-0.39, 0.29) is 25.7 Å². The first-order valence-electron chi connectivity index (χ1n) is 39.5. The number of hydrogen-bond acceptors (Lipinski definition) is 15. The average molecular weight is 1400 g/mol. The summed E-state index contributed by atoms with van der Waals surface area (Å²) in [6, 6.07) is 0. The molecule has 19 heteroatoms. The number of ether oxygens (including phenoxy) is 4. The van der Waals surface area contributed by atoms with E-state index in [4.69, 9.17) is 37.0 Å². The Morgan fingerprint density at radius 2 is 0.484 bits per heavy atom. The van der Waals surface area contributed by atoms with Gasteiger partial charge in [0, 0.05) is 25.7 Å². The summed E-state index contributed by atoms with van der Waals surface area (Å²) in [7, 11) is -9.90. The van der Waals surface area contributed by atoms with Gasteiger partial charge in [-0.2, -0.15) is 0 Å². The van der Waals surface area contributed by atoms with Gasteiger partial charge in [-0.3, -0.25) is 37.3 Å². The molecule has 0 saturated heterocycles. The van der Waals surface area contributed by atoms with E-state index in [1.807, 2.05) is 0 Å². The molecule has 0 aromatic carbocycles. The van der Waals surface area contributed by atoms with E-state index in [0.29, 0.717) is 25.7 Å².